The molecular formula is C16H20. The minimum atomic E-state index is 0.502. The van der Waals surface area contributed by atoms with E-state index in [1.54, 1.807) is 5.57 Å². The van der Waals surface area contributed by atoms with E-state index in [0.29, 0.717) is 11.8 Å². The van der Waals surface area contributed by atoms with Crippen LogP contribution < -0.4 is 0 Å². The molecule has 0 aliphatic heterocycles. The maximum absolute atomic E-state index is 2.39. The molecule has 0 heteroatoms. The van der Waals surface area contributed by atoms with Gasteiger partial charge in [0, 0.05) is 11.8 Å². The van der Waals surface area contributed by atoms with E-state index in [9.17, 15) is 0 Å². The summed E-state index contributed by atoms with van der Waals surface area (Å²) in [5, 5.41) is 0. The molecule has 0 heterocycles. The number of hydrogen-bond donors (Lipinski definition) is 0. The summed E-state index contributed by atoms with van der Waals surface area (Å²) < 4.78 is 0. The minimum absolute atomic E-state index is 0.502. The van der Waals surface area contributed by atoms with Gasteiger partial charge >= 0.3 is 0 Å². The largest absolute Gasteiger partial charge is 0.0795 e. The maximum atomic E-state index is 2.39. The van der Waals surface area contributed by atoms with E-state index in [4.69, 9.17) is 0 Å². The topological polar surface area (TPSA) is 0 Å². The van der Waals surface area contributed by atoms with Crippen LogP contribution in [0, 0.1) is 11.8 Å². The second-order valence-electron chi connectivity index (χ2n) is 5.00. The molecule has 0 N–H and O–H groups in total. The first-order valence-electron chi connectivity index (χ1n) is 5.99. The molecular weight excluding hydrogens is 192 g/mol. The summed E-state index contributed by atoms with van der Waals surface area (Å²) in [6.07, 6.45) is 13.6. The van der Waals surface area contributed by atoms with Crippen molar-refractivity contribution in [3.8, 4) is 0 Å². The second-order valence-corrected chi connectivity index (χ2v) is 5.00. The van der Waals surface area contributed by atoms with Gasteiger partial charge in [0.2, 0.25) is 0 Å². The van der Waals surface area contributed by atoms with Crippen LogP contribution in [0.1, 0.15) is 27.7 Å². The lowest BCUT2D eigenvalue weighted by Gasteiger charge is -2.16. The van der Waals surface area contributed by atoms with Crippen molar-refractivity contribution in [2.24, 2.45) is 11.8 Å². The van der Waals surface area contributed by atoms with E-state index in [1.807, 2.05) is 0 Å². The Morgan fingerprint density at radius 1 is 1.12 bits per heavy atom. The molecule has 0 nitrogen and oxygen atoms in total. The van der Waals surface area contributed by atoms with Crippen LogP contribution in [0.4, 0.5) is 0 Å². The van der Waals surface area contributed by atoms with Crippen LogP contribution in [-0.2, 0) is 0 Å². The van der Waals surface area contributed by atoms with Crippen LogP contribution in [0.25, 0.3) is 0 Å². The van der Waals surface area contributed by atoms with E-state index < -0.39 is 0 Å². The predicted octanol–water partition coefficient (Wildman–Crippen LogP) is 4.59. The average Bonchev–Trinajstić information content (AvgIpc) is 2.76. The SMILES string of the molecule is CC(C)=CC1C=C(C)C(C)=C1C1C=CC=C1. The Hall–Kier alpha value is -1.30. The summed E-state index contributed by atoms with van der Waals surface area (Å²) in [5.41, 5.74) is 5.87. The van der Waals surface area contributed by atoms with Crippen LogP contribution in [0.5, 0.6) is 0 Å². The summed E-state index contributed by atoms with van der Waals surface area (Å²) >= 11 is 0. The van der Waals surface area contributed by atoms with Gasteiger partial charge in [0.05, 0.1) is 0 Å². The number of allylic oxidation sites excluding steroid dienone is 10. The van der Waals surface area contributed by atoms with Gasteiger partial charge in [-0.2, -0.15) is 0 Å². The molecule has 1 unspecified atom stereocenters. The van der Waals surface area contributed by atoms with Gasteiger partial charge in [-0.3, -0.25) is 0 Å². The van der Waals surface area contributed by atoms with Crippen molar-refractivity contribution in [3.05, 3.63) is 58.7 Å². The molecule has 0 radical (unpaired) electrons. The van der Waals surface area contributed by atoms with Crippen LogP contribution in [0.3, 0.4) is 0 Å². The van der Waals surface area contributed by atoms with Crippen molar-refractivity contribution >= 4 is 0 Å². The Kier molecular flexibility index (Phi) is 3.00. The Balaban J connectivity index is 2.37. The number of hydrogen-bond acceptors (Lipinski definition) is 0. The average molecular weight is 212 g/mol. The summed E-state index contributed by atoms with van der Waals surface area (Å²) in [4.78, 5) is 0. The number of rotatable bonds is 2. The minimum Gasteiger partial charge on any atom is -0.0795 e. The molecule has 0 fully saturated rings. The quantitative estimate of drug-likeness (QED) is 0.587. The standard InChI is InChI=1S/C16H20/c1-11(2)9-15-10-12(3)13(4)16(15)14-7-5-6-8-14/h5-10,14-15H,1-4H3. The van der Waals surface area contributed by atoms with Gasteiger partial charge in [-0.25, -0.2) is 0 Å². The van der Waals surface area contributed by atoms with Crippen LogP contribution in [0.15, 0.2) is 58.7 Å². The van der Waals surface area contributed by atoms with E-state index in [2.05, 4.69) is 64.2 Å². The summed E-state index contributed by atoms with van der Waals surface area (Å²) in [6.45, 7) is 8.82. The van der Waals surface area contributed by atoms with Gasteiger partial charge in [0.15, 0.2) is 0 Å². The fraction of sp³-hybridized carbons (Fsp3) is 0.375. The molecule has 16 heavy (non-hydrogen) atoms. The Morgan fingerprint density at radius 3 is 2.31 bits per heavy atom. The van der Waals surface area contributed by atoms with Gasteiger partial charge in [-0.15, -0.1) is 0 Å². The zero-order valence-electron chi connectivity index (χ0n) is 10.6. The molecule has 0 saturated heterocycles. The third-order valence-corrected chi connectivity index (χ3v) is 3.43. The molecule has 0 aromatic carbocycles. The van der Waals surface area contributed by atoms with Gasteiger partial charge < -0.3 is 0 Å². The molecule has 0 amide bonds. The first kappa shape index (κ1) is 11.2. The molecule has 2 rings (SSSR count). The van der Waals surface area contributed by atoms with Gasteiger partial charge in [-0.1, -0.05) is 47.6 Å². The first-order chi connectivity index (χ1) is 7.59. The summed E-state index contributed by atoms with van der Waals surface area (Å²) in [7, 11) is 0. The molecule has 2 aliphatic carbocycles. The van der Waals surface area contributed by atoms with Crippen molar-refractivity contribution < 1.29 is 0 Å². The monoisotopic (exact) mass is 212 g/mol. The fourth-order valence-electron chi connectivity index (χ4n) is 2.57. The van der Waals surface area contributed by atoms with E-state index >= 15 is 0 Å². The van der Waals surface area contributed by atoms with E-state index in [0.717, 1.165) is 0 Å². The van der Waals surface area contributed by atoms with Crippen LogP contribution in [-0.4, -0.2) is 0 Å². The Morgan fingerprint density at radius 2 is 1.75 bits per heavy atom. The lowest BCUT2D eigenvalue weighted by molar-refractivity contribution is 0.827. The van der Waals surface area contributed by atoms with Gasteiger partial charge in [0.1, 0.15) is 0 Å². The molecule has 84 valence electrons. The van der Waals surface area contributed by atoms with Gasteiger partial charge in [-0.05, 0) is 38.8 Å². The highest BCUT2D eigenvalue weighted by Gasteiger charge is 2.25. The summed E-state index contributed by atoms with van der Waals surface area (Å²) in [5.74, 6) is 1.01. The van der Waals surface area contributed by atoms with E-state index in [-0.39, 0.29) is 0 Å². The zero-order chi connectivity index (χ0) is 11.7. The van der Waals surface area contributed by atoms with Crippen LogP contribution >= 0.6 is 0 Å². The third kappa shape index (κ3) is 1.97. The summed E-state index contributed by atoms with van der Waals surface area (Å²) in [6, 6.07) is 0. The first-order valence-corrected chi connectivity index (χ1v) is 5.99. The lowest BCUT2D eigenvalue weighted by atomic mass is 9.88. The van der Waals surface area contributed by atoms with E-state index in [1.165, 1.54) is 16.7 Å². The van der Waals surface area contributed by atoms with Crippen LogP contribution in [0.2, 0.25) is 0 Å². The van der Waals surface area contributed by atoms with Crippen molar-refractivity contribution in [1.82, 2.24) is 0 Å². The molecule has 0 bridgehead atoms. The normalized spacial score (nSPS) is 24.2. The molecule has 0 saturated carbocycles. The maximum Gasteiger partial charge on any atom is 0.0180 e. The van der Waals surface area contributed by atoms with Crippen molar-refractivity contribution in [1.29, 1.82) is 0 Å². The molecule has 1 atom stereocenters. The second kappa shape index (κ2) is 4.29. The third-order valence-electron chi connectivity index (χ3n) is 3.43. The highest BCUT2D eigenvalue weighted by atomic mass is 14.3. The molecule has 0 aromatic heterocycles. The fourth-order valence-corrected chi connectivity index (χ4v) is 2.57. The molecule has 0 spiro atoms. The highest BCUT2D eigenvalue weighted by Crippen LogP contribution is 2.39. The van der Waals surface area contributed by atoms with Gasteiger partial charge in [0.25, 0.3) is 0 Å². The molecule has 2 aliphatic rings. The van der Waals surface area contributed by atoms with Crippen molar-refractivity contribution in [2.75, 3.05) is 0 Å². The molecule has 0 aromatic rings. The zero-order valence-corrected chi connectivity index (χ0v) is 10.6. The Bertz CT molecular complexity index is 421. The smallest absolute Gasteiger partial charge is 0.0180 e. The van der Waals surface area contributed by atoms with Crippen molar-refractivity contribution in [2.45, 2.75) is 27.7 Å². The Labute approximate surface area is 98.8 Å². The van der Waals surface area contributed by atoms with Crippen molar-refractivity contribution in [3.63, 3.8) is 0 Å². The lowest BCUT2D eigenvalue weighted by Crippen LogP contribution is -2.04. The predicted molar refractivity (Wildman–Crippen MR) is 71.1 cm³/mol. The highest BCUT2D eigenvalue weighted by molar-refractivity contribution is 5.49.